The van der Waals surface area contributed by atoms with Crippen LogP contribution in [0.3, 0.4) is 0 Å². The molecule has 0 aromatic heterocycles. The van der Waals surface area contributed by atoms with Gasteiger partial charge in [-0.1, -0.05) is 5.57 Å². The van der Waals surface area contributed by atoms with E-state index in [1.807, 2.05) is 6.92 Å². The SMILES string of the molecule is CC(CNCCC(F)(F)F)=C1CNC1. The second-order valence-electron chi connectivity index (χ2n) is 3.53. The van der Waals surface area contributed by atoms with Crippen LogP contribution in [0.5, 0.6) is 0 Å². The van der Waals surface area contributed by atoms with Gasteiger partial charge < -0.3 is 10.6 Å². The third kappa shape index (κ3) is 4.11. The first-order valence-corrected chi connectivity index (χ1v) is 4.65. The standard InChI is InChI=1S/C9H15F3N2/c1-7(8-5-14-6-8)4-13-3-2-9(10,11)12/h13-14H,2-6H2,1H3. The van der Waals surface area contributed by atoms with Crippen LogP contribution in [0.15, 0.2) is 11.1 Å². The fraction of sp³-hybridized carbons (Fsp3) is 0.778. The van der Waals surface area contributed by atoms with E-state index in [0.29, 0.717) is 6.54 Å². The lowest BCUT2D eigenvalue weighted by atomic mass is 10.0. The Hall–Kier alpha value is -0.550. The summed E-state index contributed by atoms with van der Waals surface area (Å²) in [5.41, 5.74) is 2.47. The predicted octanol–water partition coefficient (Wildman–Crippen LogP) is 1.45. The second-order valence-corrected chi connectivity index (χ2v) is 3.53. The molecular weight excluding hydrogens is 193 g/mol. The summed E-state index contributed by atoms with van der Waals surface area (Å²) in [7, 11) is 0. The van der Waals surface area contributed by atoms with E-state index in [1.165, 1.54) is 5.57 Å². The summed E-state index contributed by atoms with van der Waals surface area (Å²) in [6.45, 7) is 4.28. The molecular formula is C9H15F3N2. The van der Waals surface area contributed by atoms with Gasteiger partial charge >= 0.3 is 6.18 Å². The zero-order valence-corrected chi connectivity index (χ0v) is 8.17. The van der Waals surface area contributed by atoms with E-state index in [4.69, 9.17) is 0 Å². The Morgan fingerprint density at radius 3 is 2.50 bits per heavy atom. The zero-order chi connectivity index (χ0) is 10.6. The van der Waals surface area contributed by atoms with Gasteiger partial charge in [0.05, 0.1) is 6.42 Å². The van der Waals surface area contributed by atoms with Gasteiger partial charge in [0.15, 0.2) is 0 Å². The first kappa shape index (κ1) is 11.5. The van der Waals surface area contributed by atoms with E-state index in [0.717, 1.165) is 18.7 Å². The number of halogens is 3. The van der Waals surface area contributed by atoms with Crippen LogP contribution in [0, 0.1) is 0 Å². The van der Waals surface area contributed by atoms with Crippen LogP contribution in [0.2, 0.25) is 0 Å². The van der Waals surface area contributed by atoms with Gasteiger partial charge in [0, 0.05) is 26.2 Å². The molecule has 2 nitrogen and oxygen atoms in total. The molecule has 0 aromatic rings. The molecule has 82 valence electrons. The maximum Gasteiger partial charge on any atom is 0.390 e. The number of alkyl halides is 3. The normalized spacial score (nSPS) is 16.7. The summed E-state index contributed by atoms with van der Waals surface area (Å²) in [6, 6.07) is 0. The highest BCUT2D eigenvalue weighted by Crippen LogP contribution is 2.18. The van der Waals surface area contributed by atoms with Crippen LogP contribution in [-0.2, 0) is 0 Å². The Morgan fingerprint density at radius 2 is 2.07 bits per heavy atom. The molecule has 0 atom stereocenters. The minimum absolute atomic E-state index is 0.00154. The summed E-state index contributed by atoms with van der Waals surface area (Å²) < 4.78 is 35.3. The van der Waals surface area contributed by atoms with Crippen molar-refractivity contribution in [3.05, 3.63) is 11.1 Å². The smallest absolute Gasteiger partial charge is 0.313 e. The fourth-order valence-corrected chi connectivity index (χ4v) is 1.18. The summed E-state index contributed by atoms with van der Waals surface area (Å²) in [5.74, 6) is 0. The minimum atomic E-state index is -4.05. The van der Waals surface area contributed by atoms with E-state index < -0.39 is 12.6 Å². The van der Waals surface area contributed by atoms with Crippen molar-refractivity contribution in [1.29, 1.82) is 0 Å². The number of nitrogens with one attached hydrogen (secondary N) is 2. The molecule has 5 heteroatoms. The molecule has 1 fully saturated rings. The molecule has 0 amide bonds. The Balaban J connectivity index is 2.09. The quantitative estimate of drug-likeness (QED) is 0.539. The first-order chi connectivity index (χ1) is 6.49. The minimum Gasteiger partial charge on any atom is -0.313 e. The Kier molecular flexibility index (Phi) is 3.95. The molecule has 1 aliphatic rings. The molecule has 14 heavy (non-hydrogen) atoms. The molecule has 1 aliphatic heterocycles. The largest absolute Gasteiger partial charge is 0.390 e. The summed E-state index contributed by atoms with van der Waals surface area (Å²) in [6.07, 6.45) is -4.81. The highest BCUT2D eigenvalue weighted by atomic mass is 19.4. The topological polar surface area (TPSA) is 24.1 Å². The fourth-order valence-electron chi connectivity index (χ4n) is 1.18. The lowest BCUT2D eigenvalue weighted by Crippen LogP contribution is -2.36. The average Bonchev–Trinajstić information content (AvgIpc) is 1.92. The number of hydrogen-bond acceptors (Lipinski definition) is 2. The van der Waals surface area contributed by atoms with Crippen molar-refractivity contribution >= 4 is 0 Å². The summed E-state index contributed by atoms with van der Waals surface area (Å²) in [5, 5.41) is 5.88. The highest BCUT2D eigenvalue weighted by molar-refractivity contribution is 5.22. The molecule has 2 N–H and O–H groups in total. The maximum atomic E-state index is 11.8. The van der Waals surface area contributed by atoms with Crippen molar-refractivity contribution in [2.45, 2.75) is 19.5 Å². The molecule has 0 spiro atoms. The van der Waals surface area contributed by atoms with Gasteiger partial charge in [-0.05, 0) is 12.5 Å². The summed E-state index contributed by atoms with van der Waals surface area (Å²) >= 11 is 0. The lowest BCUT2D eigenvalue weighted by Gasteiger charge is -2.22. The highest BCUT2D eigenvalue weighted by Gasteiger charge is 2.25. The van der Waals surface area contributed by atoms with Gasteiger partial charge in [-0.3, -0.25) is 0 Å². The van der Waals surface area contributed by atoms with Gasteiger partial charge in [-0.25, -0.2) is 0 Å². The van der Waals surface area contributed by atoms with Gasteiger partial charge in [-0.15, -0.1) is 0 Å². The van der Waals surface area contributed by atoms with E-state index in [-0.39, 0.29) is 6.54 Å². The van der Waals surface area contributed by atoms with Crippen LogP contribution in [0.1, 0.15) is 13.3 Å². The first-order valence-electron chi connectivity index (χ1n) is 4.65. The van der Waals surface area contributed by atoms with Crippen molar-refractivity contribution in [2.24, 2.45) is 0 Å². The predicted molar refractivity (Wildman–Crippen MR) is 49.1 cm³/mol. The Labute approximate surface area is 81.6 Å². The molecule has 1 rings (SSSR count). The van der Waals surface area contributed by atoms with Gasteiger partial charge in [-0.2, -0.15) is 13.2 Å². The molecule has 0 unspecified atom stereocenters. The number of rotatable bonds is 4. The average molecular weight is 208 g/mol. The lowest BCUT2D eigenvalue weighted by molar-refractivity contribution is -0.133. The van der Waals surface area contributed by atoms with E-state index in [2.05, 4.69) is 10.6 Å². The molecule has 1 saturated heterocycles. The zero-order valence-electron chi connectivity index (χ0n) is 8.17. The van der Waals surface area contributed by atoms with Crippen LogP contribution in [0.4, 0.5) is 13.2 Å². The van der Waals surface area contributed by atoms with E-state index >= 15 is 0 Å². The second kappa shape index (κ2) is 4.79. The molecule has 0 aliphatic carbocycles. The monoisotopic (exact) mass is 208 g/mol. The van der Waals surface area contributed by atoms with Crippen molar-refractivity contribution < 1.29 is 13.2 Å². The third-order valence-electron chi connectivity index (χ3n) is 2.26. The van der Waals surface area contributed by atoms with Crippen LogP contribution < -0.4 is 10.6 Å². The van der Waals surface area contributed by atoms with Crippen LogP contribution in [0.25, 0.3) is 0 Å². The van der Waals surface area contributed by atoms with Crippen LogP contribution in [-0.4, -0.2) is 32.4 Å². The van der Waals surface area contributed by atoms with Crippen molar-refractivity contribution in [1.82, 2.24) is 10.6 Å². The molecule has 0 aromatic carbocycles. The summed E-state index contributed by atoms with van der Waals surface area (Å²) in [4.78, 5) is 0. The van der Waals surface area contributed by atoms with Crippen molar-refractivity contribution in [2.75, 3.05) is 26.2 Å². The molecule has 0 radical (unpaired) electrons. The van der Waals surface area contributed by atoms with E-state index in [9.17, 15) is 13.2 Å². The molecule has 0 saturated carbocycles. The van der Waals surface area contributed by atoms with Crippen LogP contribution >= 0.6 is 0 Å². The van der Waals surface area contributed by atoms with Gasteiger partial charge in [0.1, 0.15) is 0 Å². The van der Waals surface area contributed by atoms with Crippen molar-refractivity contribution in [3.63, 3.8) is 0 Å². The van der Waals surface area contributed by atoms with E-state index in [1.54, 1.807) is 0 Å². The molecule has 0 bridgehead atoms. The Bertz CT molecular complexity index is 215. The third-order valence-corrected chi connectivity index (χ3v) is 2.26. The van der Waals surface area contributed by atoms with Crippen molar-refractivity contribution in [3.8, 4) is 0 Å². The molecule has 1 heterocycles. The Morgan fingerprint density at radius 1 is 1.43 bits per heavy atom. The van der Waals surface area contributed by atoms with Gasteiger partial charge in [0.25, 0.3) is 0 Å². The van der Waals surface area contributed by atoms with Gasteiger partial charge in [0.2, 0.25) is 0 Å². The number of hydrogen-bond donors (Lipinski definition) is 2. The maximum absolute atomic E-state index is 11.8.